The summed E-state index contributed by atoms with van der Waals surface area (Å²) in [6, 6.07) is 0. The molecule has 0 bridgehead atoms. The number of carboxylic acid groups (broad SMARTS) is 1. The maximum Gasteiger partial charge on any atom is 1.00 e. The summed E-state index contributed by atoms with van der Waals surface area (Å²) in [4.78, 5) is 12.9. The van der Waals surface area contributed by atoms with E-state index in [1.54, 1.807) is 0 Å². The Labute approximate surface area is 113 Å². The average Bonchev–Trinajstić information content (AvgIpc) is 1.87. The second-order valence-electron chi connectivity index (χ2n) is 1.62. The molecular weight excluding hydrogens is 190 g/mol. The van der Waals surface area contributed by atoms with Crippen LogP contribution < -0.4 is 69.5 Å². The Hall–Kier alpha value is 1.31. The number of aliphatic carboxylic acids is 1. The third-order valence-corrected chi connectivity index (χ3v) is 0.845. The molecule has 8 heteroatoms. The van der Waals surface area contributed by atoms with E-state index in [4.69, 9.17) is 10.2 Å². The Morgan fingerprint density at radius 2 is 1.83 bits per heavy atom. The first-order valence-electron chi connectivity index (χ1n) is 2.41. The van der Waals surface area contributed by atoms with E-state index >= 15 is 0 Å². The van der Waals surface area contributed by atoms with Crippen LogP contribution in [0.2, 0.25) is 0 Å². The van der Waals surface area contributed by atoms with Crippen LogP contribution in [0, 0.1) is 0 Å². The molecule has 0 radical (unpaired) electrons. The molecule has 0 aromatic heterocycles. The van der Waals surface area contributed by atoms with Gasteiger partial charge in [-0.3, -0.25) is 0 Å². The quantitative estimate of drug-likeness (QED) is 0.262. The summed E-state index contributed by atoms with van der Waals surface area (Å²) in [5.74, 6) is -1.84. The number of carbonyl (C=O) groups excluding carboxylic acids is 1. The molecule has 0 aliphatic rings. The van der Waals surface area contributed by atoms with Crippen LogP contribution in [0.5, 0.6) is 0 Å². The molecule has 0 aliphatic carbocycles. The zero-order chi connectivity index (χ0) is 8.15. The number of rotatable bonds is 4. The van der Waals surface area contributed by atoms with Crippen LogP contribution in [0.25, 0.3) is 0 Å². The molecule has 0 aliphatic heterocycles. The molecule has 2 unspecified atom stereocenters. The molecule has 0 aromatic carbocycles. The van der Waals surface area contributed by atoms with Crippen LogP contribution in [0.4, 0.5) is 0 Å². The van der Waals surface area contributed by atoms with Crippen LogP contribution in [0.15, 0.2) is 0 Å². The Morgan fingerprint density at radius 1 is 1.42 bits per heavy atom. The molecule has 60 valence electrons. The summed E-state index contributed by atoms with van der Waals surface area (Å²) < 4.78 is 0. The van der Waals surface area contributed by atoms with Crippen molar-refractivity contribution >= 4 is 5.97 Å². The molecule has 0 aromatic rings. The topological polar surface area (TPSA) is 113 Å². The maximum atomic E-state index is 9.74. The van der Waals surface area contributed by atoms with Crippen molar-refractivity contribution in [1.29, 1.82) is 0 Å². The van der Waals surface area contributed by atoms with Gasteiger partial charge in [0.15, 0.2) is 0 Å². The standard InChI is InChI=1S/C4H8O6.2Na/c5-2(1-10-9)3(6)4(7)8;;/h2-3,5-6,9H,1H2,(H,7,8);;/q;2*+1/p-2. The van der Waals surface area contributed by atoms with Crippen molar-refractivity contribution in [2.75, 3.05) is 6.61 Å². The van der Waals surface area contributed by atoms with Crippen LogP contribution in [-0.2, 0) is 9.68 Å². The van der Waals surface area contributed by atoms with Crippen LogP contribution in [-0.4, -0.2) is 35.0 Å². The molecular formula is C4H6Na2O6. The molecule has 0 spiro atoms. The van der Waals surface area contributed by atoms with E-state index in [2.05, 4.69) is 4.89 Å². The van der Waals surface area contributed by atoms with Gasteiger partial charge in [-0.05, 0) is 0 Å². The van der Waals surface area contributed by atoms with E-state index < -0.39 is 24.8 Å². The van der Waals surface area contributed by atoms with Crippen molar-refractivity contribution in [2.24, 2.45) is 0 Å². The van der Waals surface area contributed by atoms with Gasteiger partial charge in [0.25, 0.3) is 0 Å². The first-order chi connectivity index (χ1) is 4.59. The summed E-state index contributed by atoms with van der Waals surface area (Å²) in [5.41, 5.74) is 0. The number of carboxylic acids is 1. The minimum Gasteiger partial charge on any atom is -0.723 e. The summed E-state index contributed by atoms with van der Waals surface area (Å²) in [7, 11) is 0. The van der Waals surface area contributed by atoms with Gasteiger partial charge in [0, 0.05) is 0 Å². The minimum absolute atomic E-state index is 0. The predicted octanol–water partition coefficient (Wildman–Crippen LogP) is -10.2. The van der Waals surface area contributed by atoms with Gasteiger partial charge in [-0.25, -0.2) is 0 Å². The fourth-order valence-corrected chi connectivity index (χ4v) is 0.318. The molecule has 0 heterocycles. The Kier molecular flexibility index (Phi) is 16.4. The van der Waals surface area contributed by atoms with Crippen molar-refractivity contribution in [3.8, 4) is 0 Å². The van der Waals surface area contributed by atoms with E-state index in [1.165, 1.54) is 0 Å². The van der Waals surface area contributed by atoms with Crippen molar-refractivity contribution in [3.63, 3.8) is 0 Å². The van der Waals surface area contributed by atoms with Crippen molar-refractivity contribution in [1.82, 2.24) is 0 Å². The number of aliphatic hydroxyl groups is 2. The van der Waals surface area contributed by atoms with Gasteiger partial charge in [0.05, 0.1) is 12.6 Å². The number of hydrogen-bond acceptors (Lipinski definition) is 6. The predicted molar refractivity (Wildman–Crippen MR) is 23.0 cm³/mol. The van der Waals surface area contributed by atoms with Crippen LogP contribution in [0.1, 0.15) is 0 Å². The molecule has 0 amide bonds. The Bertz CT molecular complexity index is 120. The molecule has 2 N–H and O–H groups in total. The molecule has 0 fully saturated rings. The molecule has 12 heavy (non-hydrogen) atoms. The first-order valence-corrected chi connectivity index (χ1v) is 2.41. The van der Waals surface area contributed by atoms with Crippen molar-refractivity contribution in [2.45, 2.75) is 12.2 Å². The van der Waals surface area contributed by atoms with Gasteiger partial charge in [0.1, 0.15) is 12.2 Å². The Balaban J connectivity index is -0.000000405. The third kappa shape index (κ3) is 7.93. The summed E-state index contributed by atoms with van der Waals surface area (Å²) in [6.07, 6.45) is -3.81. The van der Waals surface area contributed by atoms with E-state index in [0.29, 0.717) is 0 Å². The zero-order valence-electron chi connectivity index (χ0n) is 6.89. The molecule has 0 saturated heterocycles. The van der Waals surface area contributed by atoms with E-state index in [0.717, 1.165) is 0 Å². The number of carbonyl (C=O) groups is 1. The minimum atomic E-state index is -2.08. The maximum absolute atomic E-state index is 9.74. The van der Waals surface area contributed by atoms with E-state index in [1.807, 2.05) is 0 Å². The fourth-order valence-electron chi connectivity index (χ4n) is 0.318. The van der Waals surface area contributed by atoms with Gasteiger partial charge in [0.2, 0.25) is 0 Å². The summed E-state index contributed by atoms with van der Waals surface area (Å²) >= 11 is 0. The molecule has 6 nitrogen and oxygen atoms in total. The number of hydrogen-bond donors (Lipinski definition) is 2. The molecule has 0 rings (SSSR count). The normalized spacial score (nSPS) is 13.6. The van der Waals surface area contributed by atoms with Gasteiger partial charge in [-0.15, -0.1) is 0 Å². The SMILES string of the molecule is O=C([O-])C(O)C(O)CO[O-].[Na+].[Na+]. The van der Waals surface area contributed by atoms with Gasteiger partial charge in [-0.2, -0.15) is 0 Å². The fraction of sp³-hybridized carbons (Fsp3) is 0.750. The zero-order valence-corrected chi connectivity index (χ0v) is 10.9. The largest absolute Gasteiger partial charge is 1.00 e. The number of aliphatic hydroxyl groups excluding tert-OH is 2. The van der Waals surface area contributed by atoms with Crippen molar-refractivity contribution < 1.29 is 89.4 Å². The molecule has 2 atom stereocenters. The van der Waals surface area contributed by atoms with E-state index in [-0.39, 0.29) is 59.1 Å². The molecule has 0 saturated carbocycles. The second-order valence-corrected chi connectivity index (χ2v) is 1.62. The second kappa shape index (κ2) is 10.4. The van der Waals surface area contributed by atoms with Gasteiger partial charge in [-0.1, -0.05) is 0 Å². The first kappa shape index (κ1) is 19.0. The summed E-state index contributed by atoms with van der Waals surface area (Å²) in [6.45, 7) is -0.783. The van der Waals surface area contributed by atoms with Gasteiger partial charge < -0.3 is 30.3 Å². The van der Waals surface area contributed by atoms with E-state index in [9.17, 15) is 15.2 Å². The van der Waals surface area contributed by atoms with Crippen LogP contribution >= 0.6 is 0 Å². The van der Waals surface area contributed by atoms with Crippen LogP contribution in [0.3, 0.4) is 0 Å². The monoisotopic (exact) mass is 196 g/mol. The van der Waals surface area contributed by atoms with Gasteiger partial charge >= 0.3 is 59.1 Å². The average molecular weight is 196 g/mol. The van der Waals surface area contributed by atoms with Crippen molar-refractivity contribution in [3.05, 3.63) is 0 Å². The summed E-state index contributed by atoms with van der Waals surface area (Å²) in [5, 5.41) is 35.9. The smallest absolute Gasteiger partial charge is 0.723 e. The Morgan fingerprint density at radius 3 is 2.08 bits per heavy atom. The third-order valence-electron chi connectivity index (χ3n) is 0.845.